The van der Waals surface area contributed by atoms with Crippen LogP contribution in [-0.2, 0) is 28.6 Å². The number of unbranched alkanes of at least 4 members (excludes halogenated alkanes) is 3. The van der Waals surface area contributed by atoms with Crippen LogP contribution in [0.3, 0.4) is 0 Å². The number of carbonyl (C=O) groups is 3. The molecule has 8 nitrogen and oxygen atoms in total. The van der Waals surface area contributed by atoms with Gasteiger partial charge in [-0.2, -0.15) is 0 Å². The Morgan fingerprint density at radius 3 is 2.39 bits per heavy atom. The second kappa shape index (κ2) is 15.6. The van der Waals surface area contributed by atoms with E-state index in [4.69, 9.17) is 14.2 Å². The third-order valence-corrected chi connectivity index (χ3v) is 7.34. The van der Waals surface area contributed by atoms with Crippen molar-refractivity contribution in [3.8, 4) is 0 Å². The van der Waals surface area contributed by atoms with E-state index in [1.807, 2.05) is 13.8 Å². The third kappa shape index (κ3) is 11.0. The number of ether oxygens (including phenoxy) is 3. The minimum Gasteiger partial charge on any atom is -0.460 e. The van der Waals surface area contributed by atoms with Crippen molar-refractivity contribution >= 4 is 17.8 Å². The molecular weight excluding hydrogens is 484 g/mol. The fourth-order valence-corrected chi connectivity index (χ4v) is 5.11. The maximum Gasteiger partial charge on any atom is 0.307 e. The van der Waals surface area contributed by atoms with Gasteiger partial charge in [0, 0.05) is 18.0 Å². The van der Waals surface area contributed by atoms with Crippen molar-refractivity contribution in [2.75, 3.05) is 13.2 Å². The summed E-state index contributed by atoms with van der Waals surface area (Å²) < 4.78 is 17.3. The molecule has 1 heterocycles. The molecule has 1 unspecified atom stereocenters. The quantitative estimate of drug-likeness (QED) is 0.177. The standard InChI is InChI=1S/C30H52N2O6/c1-7-9-10-11-15-22(14-8-2)20-25(33)32-23-16-12-13-17-24(23)37-26(34)18-19-31-28(35)27-29(3,4)21-36-30(5,6)38-27/h20,23-24,27H,7-19,21H2,1-6H3,(H,31,35)(H,32,33)/t23-,24-,27?/m0/s1. The van der Waals surface area contributed by atoms with Crippen LogP contribution >= 0.6 is 0 Å². The SMILES string of the molecule is CCCCCCC(=CC(=O)N[C@H]1CCCC[C@@H]1OC(=O)CCNC(=O)C1OC(C)(C)OCC1(C)C)CCC. The van der Waals surface area contributed by atoms with Gasteiger partial charge in [0.2, 0.25) is 11.8 Å². The fourth-order valence-electron chi connectivity index (χ4n) is 5.11. The highest BCUT2D eigenvalue weighted by Gasteiger charge is 2.45. The number of nitrogens with one attached hydrogen (secondary N) is 2. The highest BCUT2D eigenvalue weighted by atomic mass is 16.7. The average Bonchev–Trinajstić information content (AvgIpc) is 2.84. The molecule has 0 radical (unpaired) electrons. The van der Waals surface area contributed by atoms with Gasteiger partial charge < -0.3 is 24.8 Å². The maximum atomic E-state index is 12.8. The zero-order valence-corrected chi connectivity index (χ0v) is 24.7. The summed E-state index contributed by atoms with van der Waals surface area (Å²) >= 11 is 0. The number of esters is 1. The van der Waals surface area contributed by atoms with Gasteiger partial charge in [-0.05, 0) is 52.4 Å². The van der Waals surface area contributed by atoms with Gasteiger partial charge in [-0.3, -0.25) is 14.4 Å². The highest BCUT2D eigenvalue weighted by Crippen LogP contribution is 2.34. The van der Waals surface area contributed by atoms with Crippen molar-refractivity contribution in [1.29, 1.82) is 0 Å². The first kappa shape index (κ1) is 32.3. The molecule has 0 aromatic rings. The minimum atomic E-state index is -0.835. The van der Waals surface area contributed by atoms with Gasteiger partial charge in [0.05, 0.1) is 19.1 Å². The Hall–Kier alpha value is -1.93. The average molecular weight is 537 g/mol. The number of allylic oxidation sites excluding steroid dienone is 1. The van der Waals surface area contributed by atoms with E-state index in [2.05, 4.69) is 24.5 Å². The Morgan fingerprint density at radius 1 is 0.947 bits per heavy atom. The summed E-state index contributed by atoms with van der Waals surface area (Å²) in [5.41, 5.74) is 0.718. The summed E-state index contributed by atoms with van der Waals surface area (Å²) in [6.07, 6.45) is 11.9. The molecule has 3 atom stereocenters. The Balaban J connectivity index is 1.83. The van der Waals surface area contributed by atoms with Crippen LogP contribution in [0.2, 0.25) is 0 Å². The van der Waals surface area contributed by atoms with Crippen LogP contribution in [0, 0.1) is 5.41 Å². The lowest BCUT2D eigenvalue weighted by atomic mass is 9.85. The zero-order chi connectivity index (χ0) is 28.2. The topological polar surface area (TPSA) is 103 Å². The molecule has 1 saturated carbocycles. The first-order valence-corrected chi connectivity index (χ1v) is 14.8. The van der Waals surface area contributed by atoms with Gasteiger partial charge in [-0.1, -0.05) is 65.4 Å². The van der Waals surface area contributed by atoms with Crippen molar-refractivity contribution < 1.29 is 28.6 Å². The van der Waals surface area contributed by atoms with E-state index in [-0.39, 0.29) is 42.9 Å². The predicted molar refractivity (Wildman–Crippen MR) is 148 cm³/mol. The van der Waals surface area contributed by atoms with Crippen molar-refractivity contribution in [3.05, 3.63) is 11.6 Å². The van der Waals surface area contributed by atoms with Crippen LogP contribution in [0.15, 0.2) is 11.6 Å². The Bertz CT molecular complexity index is 807. The van der Waals surface area contributed by atoms with Crippen LogP contribution in [-0.4, -0.2) is 55.0 Å². The summed E-state index contributed by atoms with van der Waals surface area (Å²) in [5, 5.41) is 5.93. The second-order valence-corrected chi connectivity index (χ2v) is 12.0. The lowest BCUT2D eigenvalue weighted by Gasteiger charge is -2.44. The Kier molecular flexibility index (Phi) is 13.3. The van der Waals surface area contributed by atoms with E-state index in [0.29, 0.717) is 6.61 Å². The number of hydrogen-bond acceptors (Lipinski definition) is 6. The molecule has 1 saturated heterocycles. The molecule has 0 aromatic carbocycles. The number of carbonyl (C=O) groups excluding carboxylic acids is 3. The molecule has 0 aromatic heterocycles. The molecule has 8 heteroatoms. The maximum absolute atomic E-state index is 12.8. The fraction of sp³-hybridized carbons (Fsp3) is 0.833. The lowest BCUT2D eigenvalue weighted by molar-refractivity contribution is -0.304. The molecule has 0 spiro atoms. The van der Waals surface area contributed by atoms with E-state index in [1.165, 1.54) is 24.8 Å². The summed E-state index contributed by atoms with van der Waals surface area (Å²) in [6.45, 7) is 12.3. The molecule has 1 aliphatic heterocycles. The molecule has 38 heavy (non-hydrogen) atoms. The summed E-state index contributed by atoms with van der Waals surface area (Å²) in [5.74, 6) is -1.56. The van der Waals surface area contributed by atoms with Crippen molar-refractivity contribution in [1.82, 2.24) is 10.6 Å². The largest absolute Gasteiger partial charge is 0.460 e. The molecule has 2 aliphatic rings. The number of amides is 2. The zero-order valence-electron chi connectivity index (χ0n) is 24.7. The van der Waals surface area contributed by atoms with E-state index in [9.17, 15) is 14.4 Å². The highest BCUT2D eigenvalue weighted by molar-refractivity contribution is 5.88. The van der Waals surface area contributed by atoms with Crippen molar-refractivity contribution in [2.24, 2.45) is 5.41 Å². The second-order valence-electron chi connectivity index (χ2n) is 12.0. The molecular formula is C30H52N2O6. The monoisotopic (exact) mass is 536 g/mol. The van der Waals surface area contributed by atoms with Crippen LogP contribution in [0.1, 0.15) is 119 Å². The van der Waals surface area contributed by atoms with Gasteiger partial charge in [0.25, 0.3) is 0 Å². The van der Waals surface area contributed by atoms with E-state index >= 15 is 0 Å². The molecule has 2 rings (SSSR count). The normalized spacial score (nSPS) is 24.9. The van der Waals surface area contributed by atoms with Crippen LogP contribution in [0.5, 0.6) is 0 Å². The van der Waals surface area contributed by atoms with Crippen LogP contribution in [0.25, 0.3) is 0 Å². The van der Waals surface area contributed by atoms with E-state index < -0.39 is 17.3 Å². The summed E-state index contributed by atoms with van der Waals surface area (Å²) in [7, 11) is 0. The van der Waals surface area contributed by atoms with Gasteiger partial charge in [-0.25, -0.2) is 0 Å². The minimum absolute atomic E-state index is 0.0637. The van der Waals surface area contributed by atoms with Gasteiger partial charge in [0.15, 0.2) is 5.79 Å². The van der Waals surface area contributed by atoms with Gasteiger partial charge >= 0.3 is 5.97 Å². The molecule has 1 aliphatic carbocycles. The van der Waals surface area contributed by atoms with E-state index in [1.54, 1.807) is 19.9 Å². The Labute approximate surface area is 230 Å². The lowest BCUT2D eigenvalue weighted by Crippen LogP contribution is -2.56. The van der Waals surface area contributed by atoms with Gasteiger partial charge in [0.1, 0.15) is 12.2 Å². The Morgan fingerprint density at radius 2 is 1.68 bits per heavy atom. The van der Waals surface area contributed by atoms with Gasteiger partial charge in [-0.15, -0.1) is 0 Å². The smallest absolute Gasteiger partial charge is 0.307 e. The first-order chi connectivity index (χ1) is 18.0. The predicted octanol–water partition coefficient (Wildman–Crippen LogP) is 5.34. The molecule has 218 valence electrons. The number of hydrogen-bond donors (Lipinski definition) is 2. The summed E-state index contributed by atoms with van der Waals surface area (Å²) in [6, 6.07) is -0.187. The molecule has 2 fully saturated rings. The number of rotatable bonds is 14. The van der Waals surface area contributed by atoms with Crippen molar-refractivity contribution in [3.63, 3.8) is 0 Å². The summed E-state index contributed by atoms with van der Waals surface area (Å²) in [4.78, 5) is 38.2. The molecule has 2 N–H and O–H groups in total. The molecule has 0 bridgehead atoms. The van der Waals surface area contributed by atoms with Crippen LogP contribution in [0.4, 0.5) is 0 Å². The van der Waals surface area contributed by atoms with E-state index in [0.717, 1.165) is 51.4 Å². The first-order valence-electron chi connectivity index (χ1n) is 14.8. The van der Waals surface area contributed by atoms with Crippen molar-refractivity contribution in [2.45, 2.75) is 143 Å². The van der Waals surface area contributed by atoms with Crippen LogP contribution < -0.4 is 10.6 Å². The molecule has 2 amide bonds. The third-order valence-electron chi connectivity index (χ3n) is 7.34.